The van der Waals surface area contributed by atoms with Crippen LogP contribution in [0.2, 0.25) is 36.8 Å². The molecule has 0 aromatic heterocycles. The molecule has 0 aromatic carbocycles. The van der Waals surface area contributed by atoms with E-state index in [0.717, 1.165) is 18.0 Å². The average molecular weight is 1000 g/mol. The maximum atomic E-state index is 8.94. The van der Waals surface area contributed by atoms with Crippen LogP contribution in [0, 0.1) is 0 Å². The second-order valence-electron chi connectivity index (χ2n) is 8.77. The Hall–Kier alpha value is -1.81. The van der Waals surface area contributed by atoms with Crippen LogP contribution in [-0.2, 0) is 13.0 Å². The zero-order valence-electron chi connectivity index (χ0n) is 22.6. The van der Waals surface area contributed by atoms with Gasteiger partial charge in [0, 0.05) is 18.8 Å². The average Bonchev–Trinajstić information content (AvgIpc) is 2.59. The molecule has 5 nitrogen and oxygen atoms in total. The van der Waals surface area contributed by atoms with E-state index in [1.807, 2.05) is 0 Å². The first kappa shape index (κ1) is 39.6. The van der Waals surface area contributed by atoms with Gasteiger partial charge in [0.25, 0.3) is 0 Å². The van der Waals surface area contributed by atoms with E-state index >= 15 is 0 Å². The summed E-state index contributed by atoms with van der Waals surface area (Å²) in [5.41, 5.74) is 1.34. The standard InChI is InChI=1S/C11H28O3Si2.C7H18OSi.C3H6O.2Rf/c1-10(2)13-15(5)14-16(6,11(3)4)9-7-8-12;1-6(2)8-9(5)7(3)4;1-2-3-4;;/h10-12,15H,7-9H2,1-6H3;6-7,9H,1-5H3;2,4H,1,3H2;;. The topological polar surface area (TPSA) is 68.2 Å². The third-order valence-electron chi connectivity index (χ3n) is 4.51. The Morgan fingerprint density at radius 3 is 1.55 bits per heavy atom. The predicted molar refractivity (Wildman–Crippen MR) is 135 cm³/mol. The fourth-order valence-corrected chi connectivity index (χ4v) is 10.5. The van der Waals surface area contributed by atoms with Crippen molar-refractivity contribution >= 4 is 26.6 Å². The van der Waals surface area contributed by atoms with Crippen LogP contribution in [0.5, 0.6) is 0 Å². The van der Waals surface area contributed by atoms with Crippen molar-refractivity contribution in [1.82, 2.24) is 0 Å². The summed E-state index contributed by atoms with van der Waals surface area (Å²) in [5, 5.41) is 16.7. The molecule has 0 rings (SSSR count). The van der Waals surface area contributed by atoms with Gasteiger partial charge in [-0.3, -0.25) is 0 Å². The normalized spacial score (nSPS) is 14.4. The van der Waals surface area contributed by atoms with Gasteiger partial charge in [-0.1, -0.05) is 33.8 Å². The fraction of sp³-hybridized carbons (Fsp3) is 0.905. The second-order valence-corrected chi connectivity index (χ2v) is 18.4. The molecular weight excluding hydrogens is 950 g/mol. The Kier molecular flexibility index (Phi) is 29.2. The number of rotatable bonds is 12. The van der Waals surface area contributed by atoms with Crippen molar-refractivity contribution in [3.05, 3.63) is 12.7 Å². The monoisotopic (exact) mass is 1000 g/mol. The molecule has 3 atom stereocenters. The maximum absolute atomic E-state index is 8.94. The van der Waals surface area contributed by atoms with Crippen molar-refractivity contribution < 1.29 is 23.2 Å². The van der Waals surface area contributed by atoms with Crippen LogP contribution in [-0.4, -0.2) is 62.3 Å². The molecule has 2 N–H and O–H groups in total. The van der Waals surface area contributed by atoms with Crippen molar-refractivity contribution in [3.8, 4) is 0 Å². The zero-order valence-corrected chi connectivity index (χ0v) is 38.7. The van der Waals surface area contributed by atoms with E-state index < -0.39 is 26.6 Å². The van der Waals surface area contributed by atoms with E-state index in [2.05, 4.69) is 81.6 Å². The van der Waals surface area contributed by atoms with Gasteiger partial charge in [-0.05, 0) is 70.9 Å². The van der Waals surface area contributed by atoms with Gasteiger partial charge >= 0.3 is 9.28 Å². The van der Waals surface area contributed by atoms with Crippen molar-refractivity contribution in [1.29, 1.82) is 0 Å². The Balaban J connectivity index is -0.000000128. The Labute approximate surface area is 186 Å². The molecule has 182 valence electrons. The summed E-state index contributed by atoms with van der Waals surface area (Å²) in [5.74, 6) is 0. The number of hydrogen-bond donors (Lipinski definition) is 2. The van der Waals surface area contributed by atoms with Crippen LogP contribution in [0.4, 0.5) is 0 Å². The van der Waals surface area contributed by atoms with Gasteiger partial charge in [0.1, 0.15) is 0 Å². The predicted octanol–water partition coefficient (Wildman–Crippen LogP) is 4.99. The molecular formula is C21H52O5Rf2Si3. The summed E-state index contributed by atoms with van der Waals surface area (Å²) >= 11 is 0. The van der Waals surface area contributed by atoms with Crippen molar-refractivity contribution in [2.75, 3.05) is 13.2 Å². The quantitative estimate of drug-likeness (QED) is 0.214. The van der Waals surface area contributed by atoms with Gasteiger partial charge in [-0.25, -0.2) is 0 Å². The summed E-state index contributed by atoms with van der Waals surface area (Å²) in [6.45, 7) is 27.4. The van der Waals surface area contributed by atoms with Crippen molar-refractivity contribution in [2.45, 2.75) is 111 Å². The van der Waals surface area contributed by atoms with Crippen LogP contribution >= 0.6 is 0 Å². The summed E-state index contributed by atoms with van der Waals surface area (Å²) in [4.78, 5) is 0. The number of hydrogen-bond acceptors (Lipinski definition) is 5. The van der Waals surface area contributed by atoms with E-state index in [1.54, 1.807) is 0 Å². The number of aliphatic hydroxyl groups is 2. The molecule has 0 aromatic rings. The molecule has 0 fully saturated rings. The van der Waals surface area contributed by atoms with Gasteiger partial charge in [0.15, 0.2) is 17.4 Å². The second kappa shape index (κ2) is 22.9. The molecule has 0 saturated carbocycles. The van der Waals surface area contributed by atoms with E-state index in [0.29, 0.717) is 11.6 Å². The first-order valence-electron chi connectivity index (χ1n) is 11.1. The molecule has 0 radical (unpaired) electrons. The Morgan fingerprint density at radius 1 is 0.903 bits per heavy atom. The van der Waals surface area contributed by atoms with Gasteiger partial charge < -0.3 is 23.2 Å². The van der Waals surface area contributed by atoms with Crippen molar-refractivity contribution in [2.24, 2.45) is 0 Å². The summed E-state index contributed by atoms with van der Waals surface area (Å²) in [6.07, 6.45) is 2.96. The van der Waals surface area contributed by atoms with Crippen LogP contribution < -0.4 is 0 Å². The van der Waals surface area contributed by atoms with Crippen LogP contribution in [0.25, 0.3) is 0 Å². The van der Waals surface area contributed by atoms with Gasteiger partial charge in [0.2, 0.25) is 0 Å². The molecule has 31 heavy (non-hydrogen) atoms. The molecule has 0 aliphatic rings. The summed E-state index contributed by atoms with van der Waals surface area (Å²) in [7, 11) is -4.04. The van der Waals surface area contributed by atoms with Crippen molar-refractivity contribution in [3.63, 3.8) is 0 Å². The molecule has 0 aliphatic heterocycles. The molecule has 0 spiro atoms. The number of aliphatic hydroxyl groups excluding tert-OH is 2. The minimum absolute atomic E-state index is 0. The van der Waals surface area contributed by atoms with E-state index in [1.165, 1.54) is 6.08 Å². The molecule has 0 saturated heterocycles. The van der Waals surface area contributed by atoms with Crippen LogP contribution in [0.1, 0.15) is 61.8 Å². The van der Waals surface area contributed by atoms with E-state index in [-0.39, 0.29) is 19.3 Å². The molecule has 0 bridgehead atoms. The molecule has 10 heteroatoms. The smallest absolute Gasteiger partial charge is 0.308 e. The van der Waals surface area contributed by atoms with E-state index in [9.17, 15) is 0 Å². The zero-order chi connectivity index (χ0) is 23.6. The molecule has 0 heterocycles. The SMILES string of the molecule is C=CCO.CC(C)O[SiH](C)C(C)C.CC(C)O[SiH](C)O[Si](C)(CCCO)C(C)C.[Rf].[Rf]. The largest absolute Gasteiger partial charge is 0.438 e. The molecule has 3 unspecified atom stereocenters. The van der Waals surface area contributed by atoms with Gasteiger partial charge in [-0.2, -0.15) is 0 Å². The third-order valence-corrected chi connectivity index (χ3v) is 15.6. The van der Waals surface area contributed by atoms with Crippen LogP contribution in [0.15, 0.2) is 12.7 Å². The maximum Gasteiger partial charge on any atom is 0.308 e. The van der Waals surface area contributed by atoms with E-state index in [4.69, 9.17) is 23.2 Å². The minimum Gasteiger partial charge on any atom is -0.438 e. The van der Waals surface area contributed by atoms with Gasteiger partial charge in [-0.15, -0.1) is 6.58 Å². The Morgan fingerprint density at radius 2 is 1.32 bits per heavy atom. The fourth-order valence-electron chi connectivity index (χ4n) is 2.29. The first-order valence-corrected chi connectivity index (χ1v) is 18.2. The molecule has 0 amide bonds. The summed E-state index contributed by atoms with van der Waals surface area (Å²) in [6, 6.07) is 1.03. The van der Waals surface area contributed by atoms with Crippen LogP contribution in [0.3, 0.4) is 0 Å². The first-order chi connectivity index (χ1) is 13.3. The Bertz CT molecular complexity index is 379. The summed E-state index contributed by atoms with van der Waals surface area (Å²) < 4.78 is 17.7. The molecule has 0 aliphatic carbocycles. The third kappa shape index (κ3) is 26.2. The van der Waals surface area contributed by atoms with Gasteiger partial charge in [0.05, 0.1) is 6.61 Å². The minimum atomic E-state index is -1.70.